The molecule has 0 fully saturated rings. The fourth-order valence-corrected chi connectivity index (χ4v) is 2.29. The summed E-state index contributed by atoms with van der Waals surface area (Å²) in [6.45, 7) is 8.03. The third-order valence-corrected chi connectivity index (χ3v) is 3.37. The third-order valence-electron chi connectivity index (χ3n) is 3.37. The SMILES string of the molecule is CC(Oc1cccc(CO)c1)C(=O)Nc1cc(CC(C)(C)C)[nH]n1. The van der Waals surface area contributed by atoms with Crippen LogP contribution in [0.4, 0.5) is 5.82 Å². The zero-order chi connectivity index (χ0) is 17.7. The molecule has 1 aromatic heterocycles. The first-order valence-electron chi connectivity index (χ1n) is 7.98. The maximum atomic E-state index is 12.2. The molecule has 0 aliphatic heterocycles. The normalized spacial score (nSPS) is 12.7. The number of anilines is 1. The van der Waals surface area contributed by atoms with Crippen molar-refractivity contribution >= 4 is 11.7 Å². The number of carbonyl (C=O) groups excluding carboxylic acids is 1. The van der Waals surface area contributed by atoms with Crippen molar-refractivity contribution in [2.45, 2.75) is 46.8 Å². The van der Waals surface area contributed by atoms with Crippen molar-refractivity contribution in [1.82, 2.24) is 10.2 Å². The molecule has 1 aromatic carbocycles. The van der Waals surface area contributed by atoms with E-state index in [1.165, 1.54) is 0 Å². The number of H-pyrrole nitrogens is 1. The first-order valence-corrected chi connectivity index (χ1v) is 7.98. The van der Waals surface area contributed by atoms with E-state index in [1.807, 2.05) is 6.07 Å². The van der Waals surface area contributed by atoms with E-state index in [9.17, 15) is 4.79 Å². The fraction of sp³-hybridized carbons (Fsp3) is 0.444. The van der Waals surface area contributed by atoms with Crippen LogP contribution < -0.4 is 10.1 Å². The minimum Gasteiger partial charge on any atom is -0.481 e. The maximum Gasteiger partial charge on any atom is 0.266 e. The zero-order valence-electron chi connectivity index (χ0n) is 14.6. The molecule has 0 radical (unpaired) electrons. The van der Waals surface area contributed by atoms with Gasteiger partial charge in [-0.1, -0.05) is 32.9 Å². The molecule has 130 valence electrons. The Hall–Kier alpha value is -2.34. The lowest BCUT2D eigenvalue weighted by molar-refractivity contribution is -0.122. The number of nitrogens with zero attached hydrogens (tertiary/aromatic N) is 1. The Bertz CT molecular complexity index is 689. The highest BCUT2D eigenvalue weighted by atomic mass is 16.5. The van der Waals surface area contributed by atoms with Crippen molar-refractivity contribution in [2.75, 3.05) is 5.32 Å². The number of carbonyl (C=O) groups is 1. The topological polar surface area (TPSA) is 87.2 Å². The van der Waals surface area contributed by atoms with Crippen LogP contribution >= 0.6 is 0 Å². The predicted molar refractivity (Wildman–Crippen MR) is 92.8 cm³/mol. The minimum absolute atomic E-state index is 0.0679. The molecular formula is C18H25N3O3. The smallest absolute Gasteiger partial charge is 0.266 e. The van der Waals surface area contributed by atoms with Crippen LogP contribution in [0.1, 0.15) is 39.0 Å². The number of nitrogens with one attached hydrogen (secondary N) is 2. The van der Waals surface area contributed by atoms with Gasteiger partial charge in [0, 0.05) is 11.8 Å². The van der Waals surface area contributed by atoms with Crippen LogP contribution in [-0.4, -0.2) is 27.3 Å². The number of aromatic amines is 1. The van der Waals surface area contributed by atoms with Crippen molar-refractivity contribution in [2.24, 2.45) is 5.41 Å². The van der Waals surface area contributed by atoms with Gasteiger partial charge in [0.1, 0.15) is 5.75 Å². The van der Waals surface area contributed by atoms with Gasteiger partial charge >= 0.3 is 0 Å². The zero-order valence-corrected chi connectivity index (χ0v) is 14.6. The van der Waals surface area contributed by atoms with Crippen molar-refractivity contribution in [3.05, 3.63) is 41.6 Å². The lowest BCUT2D eigenvalue weighted by Crippen LogP contribution is -2.30. The molecule has 2 aromatic rings. The number of hydrogen-bond donors (Lipinski definition) is 3. The quantitative estimate of drug-likeness (QED) is 0.759. The molecule has 0 bridgehead atoms. The molecule has 1 unspecified atom stereocenters. The summed E-state index contributed by atoms with van der Waals surface area (Å²) >= 11 is 0. The summed E-state index contributed by atoms with van der Waals surface area (Å²) in [7, 11) is 0. The number of aliphatic hydroxyl groups excluding tert-OH is 1. The first kappa shape index (κ1) is 18.0. The molecule has 3 N–H and O–H groups in total. The molecule has 6 nitrogen and oxygen atoms in total. The molecule has 1 amide bonds. The van der Waals surface area contributed by atoms with Gasteiger partial charge in [-0.2, -0.15) is 5.10 Å². The van der Waals surface area contributed by atoms with E-state index < -0.39 is 6.10 Å². The third kappa shape index (κ3) is 5.38. The van der Waals surface area contributed by atoms with Crippen LogP contribution in [0.2, 0.25) is 0 Å². The van der Waals surface area contributed by atoms with Gasteiger partial charge in [0.25, 0.3) is 5.91 Å². The maximum absolute atomic E-state index is 12.2. The number of amides is 1. The van der Waals surface area contributed by atoms with Gasteiger partial charge in [0.2, 0.25) is 0 Å². The molecule has 24 heavy (non-hydrogen) atoms. The second kappa shape index (κ2) is 7.49. The summed E-state index contributed by atoms with van der Waals surface area (Å²) in [5.41, 5.74) is 1.85. The highest BCUT2D eigenvalue weighted by molar-refractivity contribution is 5.93. The second-order valence-electron chi connectivity index (χ2n) is 7.07. The van der Waals surface area contributed by atoms with Crippen LogP contribution in [0.25, 0.3) is 0 Å². The van der Waals surface area contributed by atoms with Gasteiger partial charge in [-0.25, -0.2) is 0 Å². The lowest BCUT2D eigenvalue weighted by atomic mass is 9.91. The van der Waals surface area contributed by atoms with Crippen molar-refractivity contribution in [1.29, 1.82) is 0 Å². The van der Waals surface area contributed by atoms with Gasteiger partial charge in [0.05, 0.1) is 6.61 Å². The summed E-state index contributed by atoms with van der Waals surface area (Å²) in [4.78, 5) is 12.2. The number of benzene rings is 1. The van der Waals surface area contributed by atoms with E-state index >= 15 is 0 Å². The number of aliphatic hydroxyl groups is 1. The molecule has 2 rings (SSSR count). The number of hydrogen-bond acceptors (Lipinski definition) is 4. The van der Waals surface area contributed by atoms with E-state index in [0.29, 0.717) is 11.6 Å². The average Bonchev–Trinajstić information content (AvgIpc) is 2.92. The molecule has 0 saturated heterocycles. The second-order valence-corrected chi connectivity index (χ2v) is 7.07. The van der Waals surface area contributed by atoms with Crippen molar-refractivity contribution < 1.29 is 14.6 Å². The minimum atomic E-state index is -0.679. The van der Waals surface area contributed by atoms with E-state index in [2.05, 4.69) is 36.3 Å². The fourth-order valence-electron chi connectivity index (χ4n) is 2.29. The first-order chi connectivity index (χ1) is 11.3. The molecule has 6 heteroatoms. The average molecular weight is 331 g/mol. The summed E-state index contributed by atoms with van der Waals surface area (Å²) in [6.07, 6.45) is 0.164. The highest BCUT2D eigenvalue weighted by Crippen LogP contribution is 2.21. The van der Waals surface area contributed by atoms with E-state index in [0.717, 1.165) is 17.7 Å². The van der Waals surface area contributed by atoms with Crippen LogP contribution in [0, 0.1) is 5.41 Å². The molecule has 1 atom stereocenters. The van der Waals surface area contributed by atoms with Gasteiger partial charge in [-0.15, -0.1) is 0 Å². The predicted octanol–water partition coefficient (Wildman–Crippen LogP) is 2.90. The van der Waals surface area contributed by atoms with Gasteiger partial charge in [-0.05, 0) is 36.5 Å². The Morgan fingerprint density at radius 2 is 2.12 bits per heavy atom. The van der Waals surface area contributed by atoms with E-state index in [-0.39, 0.29) is 17.9 Å². The summed E-state index contributed by atoms with van der Waals surface area (Å²) in [5, 5.41) is 18.9. The summed E-state index contributed by atoms with van der Waals surface area (Å²) < 4.78 is 5.62. The number of rotatable bonds is 6. The van der Waals surface area contributed by atoms with Crippen LogP contribution in [0.3, 0.4) is 0 Å². The number of ether oxygens (including phenoxy) is 1. The molecular weight excluding hydrogens is 306 g/mol. The number of aromatic nitrogens is 2. The molecule has 0 aliphatic rings. The van der Waals surface area contributed by atoms with Crippen LogP contribution in [0.15, 0.2) is 30.3 Å². The Kier molecular flexibility index (Phi) is 5.62. The Labute approximate surface area is 142 Å². The van der Waals surface area contributed by atoms with Crippen LogP contribution in [0.5, 0.6) is 5.75 Å². The molecule has 0 aliphatic carbocycles. The van der Waals surface area contributed by atoms with E-state index in [4.69, 9.17) is 9.84 Å². The summed E-state index contributed by atoms with van der Waals surface area (Å²) in [6, 6.07) is 8.86. The largest absolute Gasteiger partial charge is 0.481 e. The highest BCUT2D eigenvalue weighted by Gasteiger charge is 2.18. The Morgan fingerprint density at radius 1 is 1.38 bits per heavy atom. The van der Waals surface area contributed by atoms with E-state index in [1.54, 1.807) is 31.2 Å². The van der Waals surface area contributed by atoms with Crippen molar-refractivity contribution in [3.63, 3.8) is 0 Å². The Balaban J connectivity index is 1.94. The van der Waals surface area contributed by atoms with Crippen LogP contribution in [-0.2, 0) is 17.8 Å². The molecule has 0 saturated carbocycles. The van der Waals surface area contributed by atoms with Crippen molar-refractivity contribution in [3.8, 4) is 5.75 Å². The standard InChI is InChI=1S/C18H25N3O3/c1-12(24-15-7-5-6-13(8-15)11-22)17(23)19-16-9-14(20-21-16)10-18(2,3)4/h5-9,12,22H,10-11H2,1-4H3,(H2,19,20,21,23). The monoisotopic (exact) mass is 331 g/mol. The van der Waals surface area contributed by atoms with Gasteiger partial charge in [-0.3, -0.25) is 9.89 Å². The molecule has 0 spiro atoms. The van der Waals surface area contributed by atoms with Gasteiger partial charge < -0.3 is 15.2 Å². The molecule has 1 heterocycles. The Morgan fingerprint density at radius 3 is 2.79 bits per heavy atom. The lowest BCUT2D eigenvalue weighted by Gasteiger charge is -2.16. The van der Waals surface area contributed by atoms with Gasteiger partial charge in [0.15, 0.2) is 11.9 Å². The summed E-state index contributed by atoms with van der Waals surface area (Å²) in [5.74, 6) is 0.747.